The SMILES string of the molecule is COc1ccc(NC(=O)O)c(CC(O)C2CCCC2)c1. The zero-order valence-electron chi connectivity index (χ0n) is 11.6. The number of nitrogens with one attached hydrogen (secondary N) is 1. The van der Waals surface area contributed by atoms with Crippen LogP contribution in [0.4, 0.5) is 10.5 Å². The summed E-state index contributed by atoms with van der Waals surface area (Å²) in [7, 11) is 1.57. The van der Waals surface area contributed by atoms with E-state index < -0.39 is 12.2 Å². The number of rotatable bonds is 5. The lowest BCUT2D eigenvalue weighted by Crippen LogP contribution is -2.21. The number of aliphatic hydroxyl groups is 1. The highest BCUT2D eigenvalue weighted by Gasteiger charge is 2.24. The Hall–Kier alpha value is -1.75. The smallest absolute Gasteiger partial charge is 0.409 e. The van der Waals surface area contributed by atoms with Crippen LogP contribution >= 0.6 is 0 Å². The van der Waals surface area contributed by atoms with E-state index in [9.17, 15) is 9.90 Å². The average Bonchev–Trinajstić information content (AvgIpc) is 2.94. The summed E-state index contributed by atoms with van der Waals surface area (Å²) in [5.74, 6) is 0.980. The van der Waals surface area contributed by atoms with Crippen LogP contribution in [0.15, 0.2) is 18.2 Å². The summed E-state index contributed by atoms with van der Waals surface area (Å²) in [6.07, 6.45) is 3.34. The number of carbonyl (C=O) groups is 1. The van der Waals surface area contributed by atoms with E-state index in [1.165, 1.54) is 12.8 Å². The topological polar surface area (TPSA) is 78.8 Å². The third kappa shape index (κ3) is 3.63. The van der Waals surface area contributed by atoms with Gasteiger partial charge in [-0.15, -0.1) is 0 Å². The lowest BCUT2D eigenvalue weighted by atomic mass is 9.94. The standard InChI is InChI=1S/C15H21NO4/c1-20-12-6-7-13(16-15(18)19)11(8-12)9-14(17)10-4-2-3-5-10/h6-8,10,14,16-17H,2-5,9H2,1H3,(H,18,19). The average molecular weight is 279 g/mol. The summed E-state index contributed by atoms with van der Waals surface area (Å²) in [5, 5.41) is 21.5. The zero-order valence-corrected chi connectivity index (χ0v) is 11.6. The van der Waals surface area contributed by atoms with Crippen molar-refractivity contribution in [3.05, 3.63) is 23.8 Å². The minimum absolute atomic E-state index is 0.318. The summed E-state index contributed by atoms with van der Waals surface area (Å²) in [5.41, 5.74) is 1.28. The predicted molar refractivity (Wildman–Crippen MR) is 76.3 cm³/mol. The van der Waals surface area contributed by atoms with Crippen molar-refractivity contribution in [3.63, 3.8) is 0 Å². The van der Waals surface area contributed by atoms with Gasteiger partial charge in [0.05, 0.1) is 13.2 Å². The van der Waals surface area contributed by atoms with Gasteiger partial charge in [-0.05, 0) is 42.5 Å². The Labute approximate surface area is 118 Å². The molecule has 1 aromatic carbocycles. The van der Waals surface area contributed by atoms with Gasteiger partial charge in [-0.2, -0.15) is 0 Å². The van der Waals surface area contributed by atoms with Crippen molar-refractivity contribution in [2.24, 2.45) is 5.92 Å². The van der Waals surface area contributed by atoms with E-state index in [0.717, 1.165) is 18.4 Å². The van der Waals surface area contributed by atoms with Crippen LogP contribution in [0.25, 0.3) is 0 Å². The van der Waals surface area contributed by atoms with E-state index in [2.05, 4.69) is 5.32 Å². The summed E-state index contributed by atoms with van der Waals surface area (Å²) in [4.78, 5) is 10.8. The van der Waals surface area contributed by atoms with Crippen LogP contribution in [-0.4, -0.2) is 29.5 Å². The summed E-state index contributed by atoms with van der Waals surface area (Å²) < 4.78 is 5.17. The second-order valence-electron chi connectivity index (χ2n) is 5.27. The van der Waals surface area contributed by atoms with Gasteiger partial charge >= 0.3 is 6.09 Å². The largest absolute Gasteiger partial charge is 0.497 e. The fraction of sp³-hybridized carbons (Fsp3) is 0.533. The molecule has 1 unspecified atom stereocenters. The zero-order chi connectivity index (χ0) is 14.5. The Bertz CT molecular complexity index is 469. The van der Waals surface area contributed by atoms with Crippen molar-refractivity contribution in [2.75, 3.05) is 12.4 Å². The van der Waals surface area contributed by atoms with Gasteiger partial charge in [0, 0.05) is 12.1 Å². The van der Waals surface area contributed by atoms with Crippen LogP contribution in [-0.2, 0) is 6.42 Å². The van der Waals surface area contributed by atoms with E-state index in [4.69, 9.17) is 9.84 Å². The quantitative estimate of drug-likeness (QED) is 0.774. The fourth-order valence-electron chi connectivity index (χ4n) is 2.84. The molecule has 0 radical (unpaired) electrons. The molecule has 0 saturated heterocycles. The molecule has 20 heavy (non-hydrogen) atoms. The second kappa shape index (κ2) is 6.61. The van der Waals surface area contributed by atoms with Crippen molar-refractivity contribution in [3.8, 4) is 5.75 Å². The number of aliphatic hydroxyl groups excluding tert-OH is 1. The molecule has 110 valence electrons. The first-order valence-corrected chi connectivity index (χ1v) is 6.95. The number of hydrogen-bond acceptors (Lipinski definition) is 3. The number of benzene rings is 1. The molecule has 1 aliphatic rings. The second-order valence-corrected chi connectivity index (χ2v) is 5.27. The summed E-state index contributed by atoms with van der Waals surface area (Å²) in [6, 6.07) is 5.16. The van der Waals surface area contributed by atoms with Gasteiger partial charge in [0.1, 0.15) is 5.75 Å². The lowest BCUT2D eigenvalue weighted by Gasteiger charge is -2.19. The molecule has 0 bridgehead atoms. The van der Waals surface area contributed by atoms with Gasteiger partial charge in [-0.25, -0.2) is 4.79 Å². The highest BCUT2D eigenvalue weighted by atomic mass is 16.5. The molecule has 0 heterocycles. The minimum Gasteiger partial charge on any atom is -0.497 e. The van der Waals surface area contributed by atoms with Crippen LogP contribution in [0.2, 0.25) is 0 Å². The van der Waals surface area contributed by atoms with Crippen molar-refractivity contribution in [1.82, 2.24) is 0 Å². The lowest BCUT2D eigenvalue weighted by molar-refractivity contribution is 0.111. The molecule has 1 aromatic rings. The Morgan fingerprint density at radius 3 is 2.75 bits per heavy atom. The molecule has 1 saturated carbocycles. The molecule has 1 atom stereocenters. The van der Waals surface area contributed by atoms with Gasteiger partial charge in [-0.1, -0.05) is 12.8 Å². The van der Waals surface area contributed by atoms with E-state index in [1.54, 1.807) is 25.3 Å². The Balaban J connectivity index is 2.15. The molecule has 3 N–H and O–H groups in total. The number of hydrogen-bond donors (Lipinski definition) is 3. The van der Waals surface area contributed by atoms with E-state index in [-0.39, 0.29) is 0 Å². The minimum atomic E-state index is -1.10. The molecule has 1 amide bonds. The number of amides is 1. The number of carboxylic acid groups (broad SMARTS) is 1. The molecule has 0 aliphatic heterocycles. The first kappa shape index (κ1) is 14.7. The van der Waals surface area contributed by atoms with E-state index in [0.29, 0.717) is 23.8 Å². The predicted octanol–water partition coefficient (Wildman–Crippen LogP) is 2.88. The third-order valence-electron chi connectivity index (χ3n) is 3.93. The number of methoxy groups -OCH3 is 1. The maximum atomic E-state index is 10.8. The normalized spacial score (nSPS) is 16.9. The summed E-state index contributed by atoms with van der Waals surface area (Å²) in [6.45, 7) is 0. The molecule has 5 heteroatoms. The van der Waals surface area contributed by atoms with Gasteiger partial charge in [0.15, 0.2) is 0 Å². The van der Waals surface area contributed by atoms with Crippen LogP contribution in [0.1, 0.15) is 31.2 Å². The third-order valence-corrected chi connectivity index (χ3v) is 3.93. The maximum absolute atomic E-state index is 10.8. The molecule has 0 aromatic heterocycles. The van der Waals surface area contributed by atoms with Crippen molar-refractivity contribution < 1.29 is 19.7 Å². The first-order chi connectivity index (χ1) is 9.60. The first-order valence-electron chi connectivity index (χ1n) is 6.95. The molecule has 5 nitrogen and oxygen atoms in total. The number of ether oxygens (including phenoxy) is 1. The van der Waals surface area contributed by atoms with Gasteiger partial charge < -0.3 is 14.9 Å². The summed E-state index contributed by atoms with van der Waals surface area (Å²) >= 11 is 0. The van der Waals surface area contributed by atoms with Crippen molar-refractivity contribution in [2.45, 2.75) is 38.2 Å². The Kier molecular flexibility index (Phi) is 4.84. The van der Waals surface area contributed by atoms with Crippen molar-refractivity contribution in [1.29, 1.82) is 0 Å². The van der Waals surface area contributed by atoms with Crippen LogP contribution in [0, 0.1) is 5.92 Å². The Morgan fingerprint density at radius 1 is 1.45 bits per heavy atom. The molecule has 0 spiro atoms. The highest BCUT2D eigenvalue weighted by Crippen LogP contribution is 2.31. The highest BCUT2D eigenvalue weighted by molar-refractivity contribution is 5.84. The maximum Gasteiger partial charge on any atom is 0.409 e. The monoisotopic (exact) mass is 279 g/mol. The fourth-order valence-corrected chi connectivity index (χ4v) is 2.84. The van der Waals surface area contributed by atoms with Gasteiger partial charge in [-0.3, -0.25) is 5.32 Å². The number of anilines is 1. The molecule has 1 aliphatic carbocycles. The van der Waals surface area contributed by atoms with E-state index >= 15 is 0 Å². The van der Waals surface area contributed by atoms with E-state index in [1.807, 2.05) is 0 Å². The van der Waals surface area contributed by atoms with Crippen molar-refractivity contribution >= 4 is 11.8 Å². The molecule has 2 rings (SSSR count). The van der Waals surface area contributed by atoms with Gasteiger partial charge in [0.25, 0.3) is 0 Å². The van der Waals surface area contributed by atoms with Crippen LogP contribution in [0.5, 0.6) is 5.75 Å². The molecular weight excluding hydrogens is 258 g/mol. The van der Waals surface area contributed by atoms with Gasteiger partial charge in [0.2, 0.25) is 0 Å². The molecular formula is C15H21NO4. The van der Waals surface area contributed by atoms with Crippen LogP contribution < -0.4 is 10.1 Å². The molecule has 1 fully saturated rings. The van der Waals surface area contributed by atoms with Crippen LogP contribution in [0.3, 0.4) is 0 Å². The Morgan fingerprint density at radius 2 is 2.15 bits per heavy atom.